The van der Waals surface area contributed by atoms with Crippen LogP contribution in [0.25, 0.3) is 0 Å². The summed E-state index contributed by atoms with van der Waals surface area (Å²) < 4.78 is 5.41. The molecule has 5 nitrogen and oxygen atoms in total. The van der Waals surface area contributed by atoms with Crippen molar-refractivity contribution in [3.05, 3.63) is 23.0 Å². The van der Waals surface area contributed by atoms with Crippen LogP contribution in [-0.2, 0) is 6.54 Å². The predicted octanol–water partition coefficient (Wildman–Crippen LogP) is 3.18. The lowest BCUT2D eigenvalue weighted by Gasteiger charge is -2.25. The Bertz CT molecular complexity index is 509. The van der Waals surface area contributed by atoms with Crippen molar-refractivity contribution in [3.8, 4) is 5.75 Å². The van der Waals surface area contributed by atoms with Crippen LogP contribution >= 0.6 is 0 Å². The molecule has 5 heteroatoms. The number of aromatic nitrogens is 1. The zero-order valence-electron chi connectivity index (χ0n) is 13.9. The van der Waals surface area contributed by atoms with Crippen LogP contribution in [0.5, 0.6) is 5.75 Å². The van der Waals surface area contributed by atoms with Crippen LogP contribution in [0.15, 0.2) is 6.20 Å². The van der Waals surface area contributed by atoms with Crippen molar-refractivity contribution in [1.29, 1.82) is 0 Å². The van der Waals surface area contributed by atoms with Crippen LogP contribution in [0.4, 0.5) is 4.79 Å². The Morgan fingerprint density at radius 3 is 2.50 bits per heavy atom. The van der Waals surface area contributed by atoms with Crippen molar-refractivity contribution in [1.82, 2.24) is 15.2 Å². The SMILES string of the molecule is COc1c(C)cnc(CNC(=O)N2CCCCCCC2)c1C. The second-order valence-electron chi connectivity index (χ2n) is 5.96. The minimum Gasteiger partial charge on any atom is -0.496 e. The lowest BCUT2D eigenvalue weighted by molar-refractivity contribution is 0.191. The fraction of sp³-hybridized carbons (Fsp3) is 0.647. The second kappa shape index (κ2) is 8.01. The van der Waals surface area contributed by atoms with Crippen LogP contribution in [0.1, 0.15) is 48.9 Å². The Balaban J connectivity index is 1.95. The number of methoxy groups -OCH3 is 1. The van der Waals surface area contributed by atoms with Crippen LogP contribution in [0.2, 0.25) is 0 Å². The molecular weight excluding hydrogens is 278 g/mol. The average Bonchev–Trinajstić information content (AvgIpc) is 2.46. The van der Waals surface area contributed by atoms with E-state index in [4.69, 9.17) is 4.74 Å². The molecule has 0 aromatic carbocycles. The van der Waals surface area contributed by atoms with E-state index in [9.17, 15) is 4.79 Å². The quantitative estimate of drug-likeness (QED) is 0.933. The predicted molar refractivity (Wildman–Crippen MR) is 87.2 cm³/mol. The lowest BCUT2D eigenvalue weighted by Crippen LogP contribution is -2.41. The van der Waals surface area contributed by atoms with Gasteiger partial charge in [-0.15, -0.1) is 0 Å². The van der Waals surface area contributed by atoms with Gasteiger partial charge >= 0.3 is 6.03 Å². The molecule has 1 aromatic rings. The molecule has 0 aliphatic carbocycles. The van der Waals surface area contributed by atoms with Crippen LogP contribution < -0.4 is 10.1 Å². The number of nitrogens with one attached hydrogen (secondary N) is 1. The standard InChI is InChI=1S/C17H27N3O2/c1-13-11-18-15(14(2)16(13)22-3)12-19-17(21)20-9-7-5-4-6-8-10-20/h11H,4-10,12H2,1-3H3,(H,19,21). The first-order valence-electron chi connectivity index (χ1n) is 8.15. The second-order valence-corrected chi connectivity index (χ2v) is 5.96. The van der Waals surface area contributed by atoms with Crippen LogP contribution in [-0.4, -0.2) is 36.1 Å². The number of aryl methyl sites for hydroxylation is 1. The largest absolute Gasteiger partial charge is 0.496 e. The van der Waals surface area contributed by atoms with E-state index in [1.807, 2.05) is 18.7 Å². The Kier molecular flexibility index (Phi) is 6.04. The topological polar surface area (TPSA) is 54.5 Å². The Labute approximate surface area is 133 Å². The van der Waals surface area contributed by atoms with Crippen LogP contribution in [0.3, 0.4) is 0 Å². The summed E-state index contributed by atoms with van der Waals surface area (Å²) in [6, 6.07) is 0.0163. The number of ether oxygens (including phenoxy) is 1. The van der Waals surface area contributed by atoms with Gasteiger partial charge in [-0.3, -0.25) is 4.98 Å². The molecule has 2 rings (SSSR count). The third-order valence-electron chi connectivity index (χ3n) is 4.30. The summed E-state index contributed by atoms with van der Waals surface area (Å²) in [6.07, 6.45) is 7.73. The number of hydrogen-bond acceptors (Lipinski definition) is 3. The van der Waals surface area contributed by atoms with Gasteiger partial charge in [0.25, 0.3) is 0 Å². The number of carbonyl (C=O) groups is 1. The summed E-state index contributed by atoms with van der Waals surface area (Å²) in [4.78, 5) is 18.7. The summed E-state index contributed by atoms with van der Waals surface area (Å²) in [5.74, 6) is 0.852. The van der Waals surface area contributed by atoms with Crippen molar-refractivity contribution in [2.45, 2.75) is 52.5 Å². The Morgan fingerprint density at radius 1 is 1.23 bits per heavy atom. The first-order valence-corrected chi connectivity index (χ1v) is 8.15. The molecule has 0 bridgehead atoms. The number of pyridine rings is 1. The summed E-state index contributed by atoms with van der Waals surface area (Å²) in [6.45, 7) is 6.11. The van der Waals surface area contributed by atoms with Crippen molar-refractivity contribution >= 4 is 6.03 Å². The van der Waals surface area contributed by atoms with Gasteiger partial charge < -0.3 is 15.0 Å². The zero-order valence-corrected chi connectivity index (χ0v) is 13.9. The number of carbonyl (C=O) groups excluding carboxylic acids is 1. The van der Waals surface area contributed by atoms with E-state index in [2.05, 4.69) is 10.3 Å². The maximum Gasteiger partial charge on any atom is 0.317 e. The highest BCUT2D eigenvalue weighted by Crippen LogP contribution is 2.23. The van der Waals surface area contributed by atoms with Gasteiger partial charge in [-0.1, -0.05) is 19.3 Å². The molecule has 22 heavy (non-hydrogen) atoms. The number of urea groups is 1. The minimum atomic E-state index is 0.0163. The van der Waals surface area contributed by atoms with Gasteiger partial charge in [0.2, 0.25) is 0 Å². The molecule has 1 aromatic heterocycles. The molecule has 0 radical (unpaired) electrons. The van der Waals surface area contributed by atoms with E-state index in [1.165, 1.54) is 19.3 Å². The van der Waals surface area contributed by atoms with Gasteiger partial charge in [0, 0.05) is 30.4 Å². The molecule has 2 heterocycles. The molecule has 1 aliphatic rings. The third-order valence-corrected chi connectivity index (χ3v) is 4.30. The number of amides is 2. The van der Waals surface area contributed by atoms with Gasteiger partial charge in [-0.25, -0.2) is 4.79 Å². The van der Waals surface area contributed by atoms with Crippen molar-refractivity contribution in [2.24, 2.45) is 0 Å². The summed E-state index contributed by atoms with van der Waals surface area (Å²) in [7, 11) is 1.66. The first kappa shape index (κ1) is 16.6. The molecular formula is C17H27N3O2. The maximum atomic E-state index is 12.3. The molecule has 0 spiro atoms. The molecule has 0 unspecified atom stereocenters. The molecule has 1 aliphatic heterocycles. The van der Waals surface area contributed by atoms with E-state index < -0.39 is 0 Å². The number of hydrogen-bond donors (Lipinski definition) is 1. The van der Waals surface area contributed by atoms with Gasteiger partial charge in [-0.2, -0.15) is 0 Å². The molecule has 2 amide bonds. The smallest absolute Gasteiger partial charge is 0.317 e. The van der Waals surface area contributed by atoms with E-state index >= 15 is 0 Å². The maximum absolute atomic E-state index is 12.3. The summed E-state index contributed by atoms with van der Waals surface area (Å²) >= 11 is 0. The fourth-order valence-corrected chi connectivity index (χ4v) is 2.97. The highest BCUT2D eigenvalue weighted by atomic mass is 16.5. The minimum absolute atomic E-state index is 0.0163. The lowest BCUT2D eigenvalue weighted by atomic mass is 10.1. The first-order chi connectivity index (χ1) is 10.6. The molecule has 0 atom stereocenters. The van der Waals surface area contributed by atoms with E-state index in [-0.39, 0.29) is 6.03 Å². The number of nitrogens with zero attached hydrogens (tertiary/aromatic N) is 2. The Morgan fingerprint density at radius 2 is 1.86 bits per heavy atom. The zero-order chi connectivity index (χ0) is 15.9. The van der Waals surface area contributed by atoms with Crippen molar-refractivity contribution in [3.63, 3.8) is 0 Å². The molecule has 1 N–H and O–H groups in total. The summed E-state index contributed by atoms with van der Waals surface area (Å²) in [5, 5.41) is 3.00. The molecule has 1 fully saturated rings. The van der Waals surface area contributed by atoms with E-state index in [1.54, 1.807) is 13.3 Å². The fourth-order valence-electron chi connectivity index (χ4n) is 2.97. The van der Waals surface area contributed by atoms with Gasteiger partial charge in [0.1, 0.15) is 5.75 Å². The highest BCUT2D eigenvalue weighted by Gasteiger charge is 2.16. The van der Waals surface area contributed by atoms with Crippen LogP contribution in [0, 0.1) is 13.8 Å². The third kappa shape index (κ3) is 4.12. The Hall–Kier alpha value is -1.78. The molecule has 122 valence electrons. The van der Waals surface area contributed by atoms with Gasteiger partial charge in [-0.05, 0) is 26.7 Å². The van der Waals surface area contributed by atoms with E-state index in [0.717, 1.165) is 48.5 Å². The monoisotopic (exact) mass is 305 g/mol. The number of likely N-dealkylation sites (tertiary alicyclic amines) is 1. The summed E-state index contributed by atoms with van der Waals surface area (Å²) in [5.41, 5.74) is 2.87. The van der Waals surface area contributed by atoms with Gasteiger partial charge in [0.05, 0.1) is 19.3 Å². The number of rotatable bonds is 3. The molecule has 0 saturated carbocycles. The van der Waals surface area contributed by atoms with E-state index in [0.29, 0.717) is 6.54 Å². The van der Waals surface area contributed by atoms with Crippen molar-refractivity contribution < 1.29 is 9.53 Å². The highest BCUT2D eigenvalue weighted by molar-refractivity contribution is 5.74. The van der Waals surface area contributed by atoms with Crippen molar-refractivity contribution in [2.75, 3.05) is 20.2 Å². The normalized spacial score (nSPS) is 15.9. The van der Waals surface area contributed by atoms with Gasteiger partial charge in [0.15, 0.2) is 0 Å². The molecule has 1 saturated heterocycles. The average molecular weight is 305 g/mol.